The van der Waals surface area contributed by atoms with E-state index in [1.54, 1.807) is 24.3 Å². The van der Waals surface area contributed by atoms with E-state index in [-0.39, 0.29) is 11.7 Å². The molecule has 1 aromatic carbocycles. The van der Waals surface area contributed by atoms with Crippen molar-refractivity contribution in [3.8, 4) is 5.75 Å². The van der Waals surface area contributed by atoms with Crippen molar-refractivity contribution in [2.75, 3.05) is 18.1 Å². The van der Waals surface area contributed by atoms with Crippen LogP contribution >= 0.6 is 11.8 Å². The first kappa shape index (κ1) is 14.3. The summed E-state index contributed by atoms with van der Waals surface area (Å²) in [5.74, 6) is 3.03. The molecule has 2 atom stereocenters. The summed E-state index contributed by atoms with van der Waals surface area (Å²) in [7, 11) is -1.43. The number of hydrogen-bond acceptors (Lipinski definition) is 5. The Bertz CT molecular complexity index is 445. The Morgan fingerprint density at radius 1 is 1.30 bits per heavy atom. The van der Waals surface area contributed by atoms with Gasteiger partial charge in [0.15, 0.2) is 0 Å². The Labute approximate surface area is 123 Å². The summed E-state index contributed by atoms with van der Waals surface area (Å²) in [6.45, 7) is 0.763. The second-order valence-corrected chi connectivity index (χ2v) is 6.61. The van der Waals surface area contributed by atoms with Gasteiger partial charge in [-0.05, 0) is 29.8 Å². The zero-order chi connectivity index (χ0) is 14.0. The van der Waals surface area contributed by atoms with Crippen LogP contribution in [0.1, 0.15) is 19.3 Å². The Kier molecular flexibility index (Phi) is 4.26. The van der Waals surface area contributed by atoms with Gasteiger partial charge in [-0.25, -0.2) is 0 Å². The lowest BCUT2D eigenvalue weighted by atomic mass is 9.80. The number of thioether (sulfide) groups is 1. The minimum absolute atomic E-state index is 0.0226. The van der Waals surface area contributed by atoms with E-state index in [9.17, 15) is 0 Å². The molecule has 0 bridgehead atoms. The molecule has 4 nitrogen and oxygen atoms in total. The lowest BCUT2D eigenvalue weighted by molar-refractivity contribution is -0.0958. The van der Waals surface area contributed by atoms with Gasteiger partial charge in [0.05, 0.1) is 12.2 Å². The summed E-state index contributed by atoms with van der Waals surface area (Å²) in [5, 5.41) is 18.1. The van der Waals surface area contributed by atoms with Gasteiger partial charge in [-0.3, -0.25) is 0 Å². The van der Waals surface area contributed by atoms with Crippen LogP contribution in [-0.4, -0.2) is 47.0 Å². The number of hydrogen-bond donors (Lipinski definition) is 2. The van der Waals surface area contributed by atoms with Crippen LogP contribution in [0.15, 0.2) is 24.3 Å². The Hall–Kier alpha value is -0.685. The van der Waals surface area contributed by atoms with Gasteiger partial charge in [-0.1, -0.05) is 12.1 Å². The van der Waals surface area contributed by atoms with Gasteiger partial charge in [-0.15, -0.1) is 0 Å². The highest BCUT2D eigenvalue weighted by Gasteiger charge is 2.41. The average Bonchev–Trinajstić information content (AvgIpc) is 2.87. The molecule has 2 aliphatic rings. The zero-order valence-electron chi connectivity index (χ0n) is 11.3. The van der Waals surface area contributed by atoms with Crippen molar-refractivity contribution in [3.05, 3.63) is 24.3 Å². The largest absolute Gasteiger partial charge is 0.490 e. The van der Waals surface area contributed by atoms with Gasteiger partial charge in [0.2, 0.25) is 0 Å². The Balaban J connectivity index is 1.62. The SMILES string of the molecule is OB(O)c1ccc(OC2CCOC3(CCSC3)C2)cc1. The first-order chi connectivity index (χ1) is 9.67. The van der Waals surface area contributed by atoms with Crippen LogP contribution in [0.3, 0.4) is 0 Å². The standard InChI is InChI=1S/C14H19BO4S/c16-15(17)11-1-3-12(4-2-11)19-13-5-7-18-14(9-13)6-8-20-10-14/h1-4,13,16-17H,5-10H2. The second-order valence-electron chi connectivity index (χ2n) is 5.51. The highest BCUT2D eigenvalue weighted by Crippen LogP contribution is 2.39. The molecule has 2 saturated heterocycles. The molecule has 2 N–H and O–H groups in total. The molecule has 0 aromatic heterocycles. The zero-order valence-corrected chi connectivity index (χ0v) is 12.1. The van der Waals surface area contributed by atoms with Crippen molar-refractivity contribution < 1.29 is 19.5 Å². The molecule has 0 saturated carbocycles. The van der Waals surface area contributed by atoms with Gasteiger partial charge >= 0.3 is 7.12 Å². The van der Waals surface area contributed by atoms with Crippen molar-refractivity contribution in [1.82, 2.24) is 0 Å². The maximum absolute atomic E-state index is 9.07. The van der Waals surface area contributed by atoms with Crippen molar-refractivity contribution in [2.45, 2.75) is 31.0 Å². The fourth-order valence-corrected chi connectivity index (χ4v) is 4.24. The number of rotatable bonds is 3. The summed E-state index contributed by atoms with van der Waals surface area (Å²) in [6, 6.07) is 6.95. The second kappa shape index (κ2) is 5.97. The maximum Gasteiger partial charge on any atom is 0.488 e. The van der Waals surface area contributed by atoms with Crippen molar-refractivity contribution in [2.24, 2.45) is 0 Å². The topological polar surface area (TPSA) is 58.9 Å². The normalized spacial score (nSPS) is 29.6. The lowest BCUT2D eigenvalue weighted by Gasteiger charge is -2.37. The summed E-state index contributed by atoms with van der Waals surface area (Å²) < 4.78 is 12.0. The minimum Gasteiger partial charge on any atom is -0.490 e. The molecule has 1 spiro atoms. The van der Waals surface area contributed by atoms with E-state index in [2.05, 4.69) is 0 Å². The molecule has 2 aliphatic heterocycles. The molecule has 0 amide bonds. The fraction of sp³-hybridized carbons (Fsp3) is 0.571. The maximum atomic E-state index is 9.07. The highest BCUT2D eigenvalue weighted by molar-refractivity contribution is 7.99. The van der Waals surface area contributed by atoms with E-state index in [0.29, 0.717) is 5.46 Å². The van der Waals surface area contributed by atoms with Crippen LogP contribution in [0.2, 0.25) is 0 Å². The third-order valence-electron chi connectivity index (χ3n) is 4.00. The van der Waals surface area contributed by atoms with Gasteiger partial charge < -0.3 is 19.5 Å². The van der Waals surface area contributed by atoms with Crippen molar-refractivity contribution in [3.63, 3.8) is 0 Å². The van der Waals surface area contributed by atoms with Gasteiger partial charge in [-0.2, -0.15) is 11.8 Å². The number of benzene rings is 1. The third kappa shape index (κ3) is 3.14. The molecule has 0 aliphatic carbocycles. The van der Waals surface area contributed by atoms with E-state index < -0.39 is 7.12 Å². The van der Waals surface area contributed by atoms with E-state index in [0.717, 1.165) is 37.4 Å². The summed E-state index contributed by atoms with van der Waals surface area (Å²) in [5.41, 5.74) is 0.502. The van der Waals surface area contributed by atoms with Gasteiger partial charge in [0.25, 0.3) is 0 Å². The van der Waals surface area contributed by atoms with E-state index >= 15 is 0 Å². The lowest BCUT2D eigenvalue weighted by Crippen LogP contribution is -2.43. The summed E-state index contributed by atoms with van der Waals surface area (Å²) >= 11 is 1.96. The third-order valence-corrected chi connectivity index (χ3v) is 5.22. The number of ether oxygens (including phenoxy) is 2. The summed E-state index contributed by atoms with van der Waals surface area (Å²) in [4.78, 5) is 0. The van der Waals surface area contributed by atoms with Crippen LogP contribution in [0.25, 0.3) is 0 Å². The first-order valence-electron chi connectivity index (χ1n) is 7.01. The van der Waals surface area contributed by atoms with E-state index in [1.165, 1.54) is 5.75 Å². The van der Waals surface area contributed by atoms with Crippen LogP contribution in [0.4, 0.5) is 0 Å². The van der Waals surface area contributed by atoms with Gasteiger partial charge in [0.1, 0.15) is 11.9 Å². The van der Waals surface area contributed by atoms with Crippen LogP contribution in [0.5, 0.6) is 5.75 Å². The Morgan fingerprint density at radius 3 is 2.75 bits per heavy atom. The predicted molar refractivity (Wildman–Crippen MR) is 80.5 cm³/mol. The molecular weight excluding hydrogens is 275 g/mol. The van der Waals surface area contributed by atoms with Crippen molar-refractivity contribution >= 4 is 24.3 Å². The molecule has 3 rings (SSSR count). The monoisotopic (exact) mass is 294 g/mol. The molecule has 1 aromatic rings. The molecule has 2 fully saturated rings. The van der Waals surface area contributed by atoms with Crippen LogP contribution in [-0.2, 0) is 4.74 Å². The van der Waals surface area contributed by atoms with E-state index in [1.807, 2.05) is 11.8 Å². The average molecular weight is 294 g/mol. The smallest absolute Gasteiger partial charge is 0.488 e. The molecule has 20 heavy (non-hydrogen) atoms. The Morgan fingerprint density at radius 2 is 2.10 bits per heavy atom. The molecule has 108 valence electrons. The molecule has 2 unspecified atom stereocenters. The quantitative estimate of drug-likeness (QED) is 0.808. The van der Waals surface area contributed by atoms with Crippen LogP contribution < -0.4 is 10.2 Å². The molecule has 0 radical (unpaired) electrons. The molecule has 6 heteroatoms. The molecule has 2 heterocycles. The highest BCUT2D eigenvalue weighted by atomic mass is 32.2. The van der Waals surface area contributed by atoms with Crippen molar-refractivity contribution in [1.29, 1.82) is 0 Å². The summed E-state index contributed by atoms with van der Waals surface area (Å²) in [6.07, 6.45) is 3.17. The minimum atomic E-state index is -1.43. The van der Waals surface area contributed by atoms with E-state index in [4.69, 9.17) is 19.5 Å². The van der Waals surface area contributed by atoms with Crippen LogP contribution in [0, 0.1) is 0 Å². The fourth-order valence-electron chi connectivity index (χ4n) is 2.86. The van der Waals surface area contributed by atoms with Gasteiger partial charge in [0, 0.05) is 18.6 Å². The first-order valence-corrected chi connectivity index (χ1v) is 8.17. The predicted octanol–water partition coefficient (Wildman–Crippen LogP) is 0.800. The molecular formula is C14H19BO4S.